The first-order valence-electron chi connectivity index (χ1n) is 12.3. The van der Waals surface area contributed by atoms with Gasteiger partial charge in [0.05, 0.1) is 5.39 Å². The summed E-state index contributed by atoms with van der Waals surface area (Å²) in [7, 11) is 0. The van der Waals surface area contributed by atoms with Gasteiger partial charge in [-0.05, 0) is 55.2 Å². The van der Waals surface area contributed by atoms with Crippen molar-refractivity contribution in [3.05, 3.63) is 70.6 Å². The van der Waals surface area contributed by atoms with Crippen molar-refractivity contribution in [2.45, 2.75) is 38.1 Å². The molecule has 6 nitrogen and oxygen atoms in total. The molecule has 35 heavy (non-hydrogen) atoms. The van der Waals surface area contributed by atoms with Crippen molar-refractivity contribution in [3.63, 3.8) is 0 Å². The summed E-state index contributed by atoms with van der Waals surface area (Å²) in [6.45, 7) is 3.33. The van der Waals surface area contributed by atoms with Gasteiger partial charge < -0.3 is 10.3 Å². The third-order valence-corrected chi connectivity index (χ3v) is 8.52. The number of aromatic nitrogens is 4. The Hall–Kier alpha value is -2.74. The van der Waals surface area contributed by atoms with E-state index in [0.717, 1.165) is 60.5 Å². The lowest BCUT2D eigenvalue weighted by Crippen LogP contribution is -2.31. The minimum absolute atomic E-state index is 0.195. The van der Waals surface area contributed by atoms with Crippen molar-refractivity contribution < 1.29 is 0 Å². The summed E-state index contributed by atoms with van der Waals surface area (Å²) in [5.41, 5.74) is 11.2. The van der Waals surface area contributed by atoms with E-state index < -0.39 is 0 Å². The lowest BCUT2D eigenvalue weighted by Gasteiger charge is -2.28. The van der Waals surface area contributed by atoms with Crippen LogP contribution in [-0.2, 0) is 6.42 Å². The lowest BCUT2D eigenvalue weighted by atomic mass is 9.92. The highest BCUT2D eigenvalue weighted by molar-refractivity contribution is 7.13. The van der Waals surface area contributed by atoms with Gasteiger partial charge in [0.15, 0.2) is 0 Å². The molecule has 0 radical (unpaired) electrons. The van der Waals surface area contributed by atoms with E-state index in [4.69, 9.17) is 17.3 Å². The normalized spacial score (nSPS) is 21.0. The largest absolute Gasteiger partial charge is 0.383 e. The smallest absolute Gasteiger partial charge is 0.226 e. The molecule has 0 saturated heterocycles. The van der Waals surface area contributed by atoms with Crippen molar-refractivity contribution in [3.8, 4) is 10.6 Å². The van der Waals surface area contributed by atoms with Crippen molar-refractivity contribution in [2.75, 3.05) is 25.4 Å². The second-order valence-corrected chi connectivity index (χ2v) is 10.8. The van der Waals surface area contributed by atoms with Crippen LogP contribution in [0.4, 0.5) is 5.82 Å². The molecule has 0 spiro atoms. The van der Waals surface area contributed by atoms with Gasteiger partial charge in [0, 0.05) is 49.0 Å². The van der Waals surface area contributed by atoms with Crippen LogP contribution in [0.15, 0.2) is 59.8 Å². The first-order chi connectivity index (χ1) is 17.2. The Balaban J connectivity index is 1.17. The Labute approximate surface area is 214 Å². The molecule has 2 aliphatic rings. The Bertz CT molecular complexity index is 1350. The monoisotopic (exact) mass is 504 g/mol. The van der Waals surface area contributed by atoms with Gasteiger partial charge >= 0.3 is 0 Å². The summed E-state index contributed by atoms with van der Waals surface area (Å²) in [6.07, 6.45) is 12.2. The van der Waals surface area contributed by atoms with Gasteiger partial charge in [-0.15, -0.1) is 11.3 Å². The summed E-state index contributed by atoms with van der Waals surface area (Å²) in [5, 5.41) is 3.97. The second-order valence-electron chi connectivity index (χ2n) is 9.59. The van der Waals surface area contributed by atoms with E-state index in [2.05, 4.69) is 67.0 Å². The number of nitrogens with two attached hydrogens (primary N) is 1. The fraction of sp³-hybridized carbons (Fsp3) is 0.370. The number of nitrogens with zero attached hydrogens (tertiary/aromatic N) is 5. The third-order valence-electron chi connectivity index (χ3n) is 7.55. The molecular weight excluding hydrogens is 476 g/mol. The Kier molecular flexibility index (Phi) is 6.31. The molecule has 1 aromatic carbocycles. The van der Waals surface area contributed by atoms with E-state index in [1.54, 1.807) is 16.9 Å². The molecule has 3 aromatic heterocycles. The average Bonchev–Trinajstić information content (AvgIpc) is 3.63. The maximum absolute atomic E-state index is 6.31. The minimum Gasteiger partial charge on any atom is -0.383 e. The number of benzene rings is 1. The number of hydrogen-bond acceptors (Lipinski definition) is 6. The van der Waals surface area contributed by atoms with E-state index in [9.17, 15) is 0 Å². The highest BCUT2D eigenvalue weighted by Gasteiger charge is 2.31. The zero-order valence-electron chi connectivity index (χ0n) is 19.6. The van der Waals surface area contributed by atoms with E-state index in [0.29, 0.717) is 17.8 Å². The number of fused-ring (bicyclic) bond motifs is 1. The maximum Gasteiger partial charge on any atom is 0.226 e. The Morgan fingerprint density at radius 2 is 2.03 bits per heavy atom. The summed E-state index contributed by atoms with van der Waals surface area (Å²) in [4.78, 5) is 15.9. The molecule has 2 atom stereocenters. The van der Waals surface area contributed by atoms with Crippen LogP contribution in [0.5, 0.6) is 0 Å². The zero-order valence-corrected chi connectivity index (χ0v) is 21.2. The predicted molar refractivity (Wildman–Crippen MR) is 144 cm³/mol. The molecule has 1 saturated carbocycles. The molecule has 4 aromatic rings. The molecule has 2 unspecified atom stereocenters. The van der Waals surface area contributed by atoms with Crippen LogP contribution in [0.2, 0.25) is 5.28 Å². The summed E-state index contributed by atoms with van der Waals surface area (Å²) < 4.78 is 2.28. The number of thiazole rings is 1. The fourth-order valence-corrected chi connectivity index (χ4v) is 6.55. The highest BCUT2D eigenvalue weighted by Crippen LogP contribution is 2.44. The first-order valence-corrected chi connectivity index (χ1v) is 13.6. The Morgan fingerprint density at radius 3 is 2.80 bits per heavy atom. The Morgan fingerprint density at radius 1 is 1.14 bits per heavy atom. The van der Waals surface area contributed by atoms with Gasteiger partial charge in [0.25, 0.3) is 0 Å². The van der Waals surface area contributed by atoms with Crippen molar-refractivity contribution >= 4 is 39.8 Å². The molecule has 1 aliphatic heterocycles. The molecular formula is C27H29ClN6S. The molecule has 4 heterocycles. The van der Waals surface area contributed by atoms with Gasteiger partial charge in [0.2, 0.25) is 5.28 Å². The first kappa shape index (κ1) is 22.7. The molecule has 6 rings (SSSR count). The van der Waals surface area contributed by atoms with E-state index in [1.807, 2.05) is 11.6 Å². The summed E-state index contributed by atoms with van der Waals surface area (Å²) in [6, 6.07) is 11.2. The quantitative estimate of drug-likeness (QED) is 0.257. The van der Waals surface area contributed by atoms with Gasteiger partial charge in [0.1, 0.15) is 16.5 Å². The number of halogens is 1. The lowest BCUT2D eigenvalue weighted by molar-refractivity contribution is 0.290. The van der Waals surface area contributed by atoms with Crippen LogP contribution in [0.25, 0.3) is 21.6 Å². The van der Waals surface area contributed by atoms with Crippen molar-refractivity contribution in [1.29, 1.82) is 0 Å². The van der Waals surface area contributed by atoms with Crippen molar-refractivity contribution in [1.82, 2.24) is 24.4 Å². The number of hydrogen-bond donors (Lipinski definition) is 1. The molecule has 180 valence electrons. The van der Waals surface area contributed by atoms with Gasteiger partial charge in [-0.3, -0.25) is 4.90 Å². The fourth-order valence-electron chi connectivity index (χ4n) is 5.72. The number of rotatable bonds is 6. The highest BCUT2D eigenvalue weighted by atomic mass is 35.5. The molecule has 1 aliphatic carbocycles. The number of anilines is 1. The summed E-state index contributed by atoms with van der Waals surface area (Å²) in [5.74, 6) is 1.05. The maximum atomic E-state index is 6.31. The predicted octanol–water partition coefficient (Wildman–Crippen LogP) is 6.01. The van der Waals surface area contributed by atoms with Crippen LogP contribution >= 0.6 is 22.9 Å². The number of nitrogen functional groups attached to an aromatic ring is 1. The second kappa shape index (κ2) is 9.72. The third kappa shape index (κ3) is 4.60. The zero-order chi connectivity index (χ0) is 23.8. The van der Waals surface area contributed by atoms with E-state index in [1.165, 1.54) is 18.4 Å². The van der Waals surface area contributed by atoms with Gasteiger partial charge in [-0.2, -0.15) is 4.98 Å². The van der Waals surface area contributed by atoms with Crippen LogP contribution in [-0.4, -0.2) is 44.1 Å². The van der Waals surface area contributed by atoms with Gasteiger partial charge in [-0.25, -0.2) is 9.97 Å². The minimum atomic E-state index is 0.195. The summed E-state index contributed by atoms with van der Waals surface area (Å²) >= 11 is 7.83. The molecule has 0 bridgehead atoms. The van der Waals surface area contributed by atoms with Gasteiger partial charge in [-0.1, -0.05) is 42.0 Å². The SMILES string of the molecule is Nc1nc(Cl)nc2c1c(-c1nccs1)cn2C1CCC(C2=CCN(CCc3ccccc3)CC2)C1. The molecule has 0 amide bonds. The molecule has 1 fully saturated rings. The standard InChI is InChI=1S/C27H29ClN6S/c28-27-31-24(29)23-22(26-30-11-15-35-26)17-34(25(23)32-27)21-7-6-20(16-21)19-9-13-33(14-10-19)12-8-18-4-2-1-3-5-18/h1-5,9,11,15,17,20-21H,6-8,10,12-14,16H2,(H2,29,31,32). The van der Waals surface area contributed by atoms with Crippen LogP contribution < -0.4 is 5.73 Å². The molecule has 8 heteroatoms. The van der Waals surface area contributed by atoms with Crippen LogP contribution in [0, 0.1) is 5.92 Å². The molecule has 2 N–H and O–H groups in total. The van der Waals surface area contributed by atoms with E-state index in [-0.39, 0.29) is 5.28 Å². The van der Waals surface area contributed by atoms with Crippen molar-refractivity contribution in [2.24, 2.45) is 5.92 Å². The topological polar surface area (TPSA) is 72.9 Å². The van der Waals surface area contributed by atoms with Crippen LogP contribution in [0.3, 0.4) is 0 Å². The van der Waals surface area contributed by atoms with Crippen LogP contribution in [0.1, 0.15) is 37.3 Å². The van der Waals surface area contributed by atoms with E-state index >= 15 is 0 Å². The average molecular weight is 505 g/mol.